The summed E-state index contributed by atoms with van der Waals surface area (Å²) in [5.41, 5.74) is 7.20. The van der Waals surface area contributed by atoms with Crippen molar-refractivity contribution in [1.29, 1.82) is 0 Å². The van der Waals surface area contributed by atoms with E-state index in [1.54, 1.807) is 19.1 Å². The van der Waals surface area contributed by atoms with Gasteiger partial charge in [-0.05, 0) is 31.0 Å². The van der Waals surface area contributed by atoms with Gasteiger partial charge in [0.2, 0.25) is 5.91 Å². The number of carbonyl (C=O) groups excluding carboxylic acids is 2. The van der Waals surface area contributed by atoms with Gasteiger partial charge >= 0.3 is 0 Å². The van der Waals surface area contributed by atoms with Gasteiger partial charge in [0.05, 0.1) is 0 Å². The van der Waals surface area contributed by atoms with Crippen LogP contribution in [0.1, 0.15) is 43.1 Å². The van der Waals surface area contributed by atoms with Crippen molar-refractivity contribution in [3.05, 3.63) is 35.4 Å². The number of nitrogens with one attached hydrogen (secondary N) is 2. The maximum atomic E-state index is 11.9. The van der Waals surface area contributed by atoms with E-state index in [4.69, 9.17) is 5.73 Å². The lowest BCUT2D eigenvalue weighted by molar-refractivity contribution is -0.125. The lowest BCUT2D eigenvalue weighted by atomic mass is 10.0. The highest BCUT2D eigenvalue weighted by molar-refractivity contribution is 5.94. The zero-order valence-corrected chi connectivity index (χ0v) is 13.0. The second kappa shape index (κ2) is 8.42. The van der Waals surface area contributed by atoms with Crippen molar-refractivity contribution in [2.75, 3.05) is 6.54 Å². The van der Waals surface area contributed by atoms with Gasteiger partial charge in [-0.2, -0.15) is 0 Å². The Bertz CT molecular complexity index is 486. The van der Waals surface area contributed by atoms with E-state index in [1.807, 2.05) is 26.0 Å². The zero-order valence-electron chi connectivity index (χ0n) is 13.0. The van der Waals surface area contributed by atoms with Crippen molar-refractivity contribution in [2.45, 2.75) is 39.8 Å². The first-order chi connectivity index (χ1) is 9.95. The second-order valence-electron chi connectivity index (χ2n) is 5.32. The first kappa shape index (κ1) is 17.2. The molecule has 5 heteroatoms. The third-order valence-electron chi connectivity index (χ3n) is 3.39. The molecule has 0 aliphatic carbocycles. The summed E-state index contributed by atoms with van der Waals surface area (Å²) < 4.78 is 0. The summed E-state index contributed by atoms with van der Waals surface area (Å²) >= 11 is 0. The topological polar surface area (TPSA) is 84.2 Å². The van der Waals surface area contributed by atoms with Crippen LogP contribution in [0, 0.1) is 5.92 Å². The van der Waals surface area contributed by atoms with Gasteiger partial charge in [-0.15, -0.1) is 0 Å². The molecule has 0 heterocycles. The van der Waals surface area contributed by atoms with Gasteiger partial charge in [0.15, 0.2) is 0 Å². The number of carbonyl (C=O) groups is 2. The molecule has 4 N–H and O–H groups in total. The molecule has 2 unspecified atom stereocenters. The fraction of sp³-hybridized carbons (Fsp3) is 0.500. The van der Waals surface area contributed by atoms with Crippen molar-refractivity contribution in [3.8, 4) is 0 Å². The molecular weight excluding hydrogens is 266 g/mol. The van der Waals surface area contributed by atoms with Crippen molar-refractivity contribution >= 4 is 11.8 Å². The average molecular weight is 291 g/mol. The van der Waals surface area contributed by atoms with Gasteiger partial charge in [-0.25, -0.2) is 0 Å². The van der Waals surface area contributed by atoms with Crippen LogP contribution in [0.25, 0.3) is 0 Å². The van der Waals surface area contributed by atoms with Crippen LogP contribution in [0.4, 0.5) is 0 Å². The van der Waals surface area contributed by atoms with Crippen LogP contribution in [-0.4, -0.2) is 24.4 Å². The molecule has 0 saturated heterocycles. The Morgan fingerprint density at radius 3 is 2.57 bits per heavy atom. The first-order valence-electron chi connectivity index (χ1n) is 7.36. The zero-order chi connectivity index (χ0) is 15.8. The van der Waals surface area contributed by atoms with E-state index in [2.05, 4.69) is 10.6 Å². The fourth-order valence-corrected chi connectivity index (χ4v) is 1.75. The van der Waals surface area contributed by atoms with Crippen molar-refractivity contribution in [1.82, 2.24) is 10.6 Å². The predicted octanol–water partition coefficient (Wildman–Crippen LogP) is 1.43. The Hall–Kier alpha value is -1.88. The summed E-state index contributed by atoms with van der Waals surface area (Å²) in [6, 6.07) is 7.07. The molecule has 2 amide bonds. The number of hydrogen-bond acceptors (Lipinski definition) is 3. The minimum absolute atomic E-state index is 0.0779. The monoisotopic (exact) mass is 291 g/mol. The molecule has 0 aliphatic heterocycles. The van der Waals surface area contributed by atoms with Gasteiger partial charge in [0.1, 0.15) is 0 Å². The van der Waals surface area contributed by atoms with Gasteiger partial charge in [-0.1, -0.05) is 26.0 Å². The Balaban J connectivity index is 2.61. The highest BCUT2D eigenvalue weighted by Crippen LogP contribution is 2.06. The van der Waals surface area contributed by atoms with Gasteiger partial charge in [0, 0.05) is 30.6 Å². The minimum atomic E-state index is -0.235. The highest BCUT2D eigenvalue weighted by atomic mass is 16.2. The smallest absolute Gasteiger partial charge is 0.251 e. The van der Waals surface area contributed by atoms with E-state index in [-0.39, 0.29) is 23.8 Å². The molecular formula is C16H25N3O2. The van der Waals surface area contributed by atoms with Crippen molar-refractivity contribution in [3.63, 3.8) is 0 Å². The number of nitrogens with two attached hydrogens (primary N) is 1. The quantitative estimate of drug-likeness (QED) is 0.710. The summed E-state index contributed by atoms with van der Waals surface area (Å²) in [4.78, 5) is 23.7. The second-order valence-corrected chi connectivity index (χ2v) is 5.32. The van der Waals surface area contributed by atoms with E-state index in [9.17, 15) is 9.59 Å². The first-order valence-corrected chi connectivity index (χ1v) is 7.36. The van der Waals surface area contributed by atoms with Crippen LogP contribution in [0.3, 0.4) is 0 Å². The maximum absolute atomic E-state index is 11.9. The van der Waals surface area contributed by atoms with Crippen LogP contribution >= 0.6 is 0 Å². The van der Waals surface area contributed by atoms with E-state index in [1.165, 1.54) is 0 Å². The van der Waals surface area contributed by atoms with Crippen LogP contribution < -0.4 is 16.4 Å². The highest BCUT2D eigenvalue weighted by Gasteiger charge is 2.16. The summed E-state index contributed by atoms with van der Waals surface area (Å²) in [5, 5.41) is 5.67. The molecule has 1 aromatic carbocycles. The summed E-state index contributed by atoms with van der Waals surface area (Å²) in [6.07, 6.45) is 0.899. The number of hydrogen-bond donors (Lipinski definition) is 3. The maximum Gasteiger partial charge on any atom is 0.251 e. The van der Waals surface area contributed by atoms with E-state index in [0.717, 1.165) is 12.0 Å². The number of benzene rings is 1. The molecule has 116 valence electrons. The Labute approximate surface area is 126 Å². The standard InChI is InChI=1S/C16H25N3O2/c1-4-8-18-16(21)14-7-5-6-13(9-14)10-19-15(20)11(2)12(3)17/h5-7,9,11-12H,4,8,10,17H2,1-3H3,(H,18,21)(H,19,20). The lowest BCUT2D eigenvalue weighted by Crippen LogP contribution is -2.38. The molecule has 0 aromatic heterocycles. The molecule has 0 aliphatic rings. The number of rotatable bonds is 7. The molecule has 0 fully saturated rings. The molecule has 0 saturated carbocycles. The molecule has 1 rings (SSSR count). The molecule has 0 bridgehead atoms. The van der Waals surface area contributed by atoms with Gasteiger partial charge < -0.3 is 16.4 Å². The van der Waals surface area contributed by atoms with Crippen LogP contribution in [0.2, 0.25) is 0 Å². The summed E-state index contributed by atoms with van der Waals surface area (Å²) in [5.74, 6) is -0.402. The van der Waals surface area contributed by atoms with Crippen LogP contribution in [0.5, 0.6) is 0 Å². The molecule has 21 heavy (non-hydrogen) atoms. The van der Waals surface area contributed by atoms with Crippen LogP contribution in [-0.2, 0) is 11.3 Å². The predicted molar refractivity (Wildman–Crippen MR) is 83.7 cm³/mol. The largest absolute Gasteiger partial charge is 0.352 e. The third kappa shape index (κ3) is 5.55. The third-order valence-corrected chi connectivity index (χ3v) is 3.39. The molecule has 2 atom stereocenters. The van der Waals surface area contributed by atoms with Gasteiger partial charge in [-0.3, -0.25) is 9.59 Å². The van der Waals surface area contributed by atoms with E-state index in [0.29, 0.717) is 18.7 Å². The Morgan fingerprint density at radius 2 is 1.95 bits per heavy atom. The summed E-state index contributed by atoms with van der Waals surface area (Å²) in [7, 11) is 0. The van der Waals surface area contributed by atoms with E-state index < -0.39 is 0 Å². The molecule has 5 nitrogen and oxygen atoms in total. The lowest BCUT2D eigenvalue weighted by Gasteiger charge is -2.15. The number of amides is 2. The van der Waals surface area contributed by atoms with Crippen molar-refractivity contribution in [2.24, 2.45) is 11.7 Å². The normalized spacial score (nSPS) is 13.3. The molecule has 0 spiro atoms. The van der Waals surface area contributed by atoms with Crippen molar-refractivity contribution < 1.29 is 9.59 Å². The Kier molecular flexibility index (Phi) is 6.88. The minimum Gasteiger partial charge on any atom is -0.352 e. The molecule has 1 aromatic rings. The summed E-state index contributed by atoms with van der Waals surface area (Å²) in [6.45, 7) is 6.67. The van der Waals surface area contributed by atoms with Gasteiger partial charge in [0.25, 0.3) is 5.91 Å². The molecule has 0 radical (unpaired) electrons. The Morgan fingerprint density at radius 1 is 1.24 bits per heavy atom. The van der Waals surface area contributed by atoms with E-state index >= 15 is 0 Å². The SMILES string of the molecule is CCCNC(=O)c1cccc(CNC(=O)C(C)C(C)N)c1. The average Bonchev–Trinajstić information content (AvgIpc) is 2.49. The fourth-order valence-electron chi connectivity index (χ4n) is 1.75. The van der Waals surface area contributed by atoms with Crippen LogP contribution in [0.15, 0.2) is 24.3 Å².